The lowest BCUT2D eigenvalue weighted by Gasteiger charge is -2.32. The van der Waals surface area contributed by atoms with E-state index in [4.69, 9.17) is 16.3 Å². The highest BCUT2D eigenvalue weighted by atomic mass is 35.5. The van der Waals surface area contributed by atoms with Crippen LogP contribution in [0.4, 0.5) is 9.80 Å². The summed E-state index contributed by atoms with van der Waals surface area (Å²) in [4.78, 5) is 22.0. The van der Waals surface area contributed by atoms with Gasteiger partial charge in [0.25, 0.3) is 0 Å². The fraction of sp³-hybridized carbons (Fsp3) is 0.357. The molecule has 0 spiro atoms. The summed E-state index contributed by atoms with van der Waals surface area (Å²) in [5, 5.41) is 6.12. The molecule has 1 aliphatic heterocycles. The fourth-order valence-corrected chi connectivity index (χ4v) is 2.97. The van der Waals surface area contributed by atoms with Crippen molar-refractivity contribution < 1.29 is 9.53 Å². The molecule has 0 aromatic carbocycles. The van der Waals surface area contributed by atoms with Gasteiger partial charge in [0.2, 0.25) is 0 Å². The van der Waals surface area contributed by atoms with E-state index in [1.165, 1.54) is 23.7 Å². The third-order valence-corrected chi connectivity index (χ3v) is 4.27. The third-order valence-electron chi connectivity index (χ3n) is 3.29. The van der Waals surface area contributed by atoms with Crippen LogP contribution >= 0.6 is 22.9 Å². The number of likely N-dealkylation sites (tertiary alicyclic amines) is 1. The number of halogens is 1. The highest BCUT2D eigenvalue weighted by Gasteiger charge is 2.25. The van der Waals surface area contributed by atoms with E-state index in [2.05, 4.69) is 15.3 Å². The number of rotatable bonds is 3. The number of anilines is 1. The molecule has 1 aliphatic rings. The number of hydrogen-bond donors (Lipinski definition) is 1. The second-order valence-corrected chi connectivity index (χ2v) is 6.30. The zero-order valence-electron chi connectivity index (χ0n) is 11.7. The van der Waals surface area contributed by atoms with Crippen LogP contribution in [0.3, 0.4) is 0 Å². The molecule has 0 radical (unpaired) electrons. The Hall–Kier alpha value is -1.86. The molecule has 1 fully saturated rings. The van der Waals surface area contributed by atoms with Crippen LogP contribution in [0.25, 0.3) is 0 Å². The lowest BCUT2D eigenvalue weighted by Crippen LogP contribution is -2.46. The second-order valence-electron chi connectivity index (χ2n) is 4.92. The summed E-state index contributed by atoms with van der Waals surface area (Å²) in [5.74, 6) is 0. The first-order chi connectivity index (χ1) is 10.7. The number of piperidine rings is 1. The van der Waals surface area contributed by atoms with E-state index in [0.29, 0.717) is 11.6 Å². The van der Waals surface area contributed by atoms with E-state index in [1.54, 1.807) is 4.90 Å². The summed E-state index contributed by atoms with van der Waals surface area (Å²) in [5.41, 5.74) is 0. The Labute approximate surface area is 137 Å². The summed E-state index contributed by atoms with van der Waals surface area (Å²) in [6.45, 7) is 1.24. The number of thiophene rings is 1. The number of nitrogens with zero attached hydrogens (tertiary/aromatic N) is 3. The maximum atomic E-state index is 12.2. The number of carbonyl (C=O) groups is 1. The molecule has 0 bridgehead atoms. The van der Waals surface area contributed by atoms with Crippen LogP contribution in [0.15, 0.2) is 29.9 Å². The summed E-state index contributed by atoms with van der Waals surface area (Å²) in [6, 6.07) is 3.96. The van der Waals surface area contributed by atoms with E-state index in [1.807, 2.05) is 17.5 Å². The number of carbonyl (C=O) groups excluding carboxylic acids is 1. The van der Waals surface area contributed by atoms with Gasteiger partial charge in [-0.25, -0.2) is 14.8 Å². The minimum atomic E-state index is -0.107. The van der Waals surface area contributed by atoms with Gasteiger partial charge in [0.15, 0.2) is 0 Å². The standard InChI is InChI=1S/C14H15ClN4O2S/c15-10-7-16-13(17-8-10)21-11-3-1-5-19(9-11)14(20)18-12-4-2-6-22-12/h2,4,6-8,11H,1,3,5,9H2,(H,18,20)/t11-/m1/s1. The van der Waals surface area contributed by atoms with Crippen molar-refractivity contribution in [3.05, 3.63) is 34.9 Å². The van der Waals surface area contributed by atoms with Gasteiger partial charge in [-0.05, 0) is 30.4 Å². The Morgan fingerprint density at radius 1 is 1.45 bits per heavy atom. The zero-order valence-corrected chi connectivity index (χ0v) is 13.3. The molecule has 1 N–H and O–H groups in total. The minimum Gasteiger partial charge on any atom is -0.458 e. The van der Waals surface area contributed by atoms with Gasteiger partial charge in [0, 0.05) is 6.54 Å². The molecule has 6 nitrogen and oxygen atoms in total. The van der Waals surface area contributed by atoms with Crippen molar-refractivity contribution in [3.8, 4) is 6.01 Å². The van der Waals surface area contributed by atoms with Crippen molar-refractivity contribution in [2.24, 2.45) is 0 Å². The first-order valence-corrected chi connectivity index (χ1v) is 8.20. The van der Waals surface area contributed by atoms with Crippen molar-refractivity contribution in [1.29, 1.82) is 0 Å². The Morgan fingerprint density at radius 3 is 3.00 bits per heavy atom. The molecule has 0 aliphatic carbocycles. The quantitative estimate of drug-likeness (QED) is 0.932. The van der Waals surface area contributed by atoms with Crippen LogP contribution in [-0.2, 0) is 0 Å². The maximum absolute atomic E-state index is 12.2. The lowest BCUT2D eigenvalue weighted by molar-refractivity contribution is 0.0983. The molecule has 1 atom stereocenters. The maximum Gasteiger partial charge on any atom is 0.322 e. The predicted octanol–water partition coefficient (Wildman–Crippen LogP) is 3.27. The fourth-order valence-electron chi connectivity index (χ4n) is 2.26. The number of amides is 2. The van der Waals surface area contributed by atoms with Crippen LogP contribution in [0.1, 0.15) is 12.8 Å². The molecule has 0 unspecified atom stereocenters. The smallest absolute Gasteiger partial charge is 0.322 e. The van der Waals surface area contributed by atoms with Crippen molar-refractivity contribution in [2.45, 2.75) is 18.9 Å². The largest absolute Gasteiger partial charge is 0.458 e. The van der Waals surface area contributed by atoms with Gasteiger partial charge >= 0.3 is 12.0 Å². The zero-order chi connectivity index (χ0) is 15.4. The van der Waals surface area contributed by atoms with Gasteiger partial charge < -0.3 is 9.64 Å². The normalized spacial score (nSPS) is 18.0. The van der Waals surface area contributed by atoms with Gasteiger partial charge in [-0.3, -0.25) is 5.32 Å². The van der Waals surface area contributed by atoms with Crippen LogP contribution in [0.5, 0.6) is 6.01 Å². The first-order valence-electron chi connectivity index (χ1n) is 6.94. The minimum absolute atomic E-state index is 0.104. The van der Waals surface area contributed by atoms with Crippen molar-refractivity contribution in [2.75, 3.05) is 18.4 Å². The molecule has 8 heteroatoms. The molecule has 3 heterocycles. The van der Waals surface area contributed by atoms with Crippen molar-refractivity contribution in [3.63, 3.8) is 0 Å². The number of nitrogens with one attached hydrogen (secondary N) is 1. The third kappa shape index (κ3) is 3.86. The number of urea groups is 1. The number of ether oxygens (including phenoxy) is 1. The molecule has 2 amide bonds. The lowest BCUT2D eigenvalue weighted by atomic mass is 10.1. The van der Waals surface area contributed by atoms with Crippen LogP contribution in [0, 0.1) is 0 Å². The summed E-state index contributed by atoms with van der Waals surface area (Å²) in [7, 11) is 0. The average molecular weight is 339 g/mol. The van der Waals surface area contributed by atoms with Gasteiger partial charge in [0.1, 0.15) is 6.10 Å². The number of aromatic nitrogens is 2. The molecular weight excluding hydrogens is 324 g/mol. The SMILES string of the molecule is O=C(Nc1cccs1)N1CCC[C@@H](Oc2ncc(Cl)cn2)C1. The summed E-state index contributed by atoms with van der Waals surface area (Å²) >= 11 is 7.24. The molecule has 2 aromatic rings. The summed E-state index contributed by atoms with van der Waals surface area (Å²) in [6.07, 6.45) is 4.64. The molecular formula is C14H15ClN4O2S. The Kier molecular flexibility index (Phi) is 4.74. The van der Waals surface area contributed by atoms with E-state index in [9.17, 15) is 4.79 Å². The Morgan fingerprint density at radius 2 is 2.27 bits per heavy atom. The van der Waals surface area contributed by atoms with Gasteiger partial charge in [0.05, 0.1) is 29.0 Å². The van der Waals surface area contributed by atoms with Crippen LogP contribution < -0.4 is 10.1 Å². The molecule has 2 aromatic heterocycles. The van der Waals surface area contributed by atoms with E-state index >= 15 is 0 Å². The molecule has 116 valence electrons. The summed E-state index contributed by atoms with van der Waals surface area (Å²) < 4.78 is 5.73. The highest BCUT2D eigenvalue weighted by molar-refractivity contribution is 7.14. The topological polar surface area (TPSA) is 67.4 Å². The molecule has 22 heavy (non-hydrogen) atoms. The van der Waals surface area contributed by atoms with Gasteiger partial charge in [-0.2, -0.15) is 0 Å². The monoisotopic (exact) mass is 338 g/mol. The Bertz CT molecular complexity index is 620. The van der Waals surface area contributed by atoms with Gasteiger partial charge in [-0.1, -0.05) is 11.6 Å². The molecule has 1 saturated heterocycles. The Balaban J connectivity index is 1.56. The van der Waals surface area contributed by atoms with Crippen molar-refractivity contribution in [1.82, 2.24) is 14.9 Å². The van der Waals surface area contributed by atoms with E-state index in [0.717, 1.165) is 24.4 Å². The molecule has 0 saturated carbocycles. The number of hydrogen-bond acceptors (Lipinski definition) is 5. The highest BCUT2D eigenvalue weighted by Crippen LogP contribution is 2.19. The van der Waals surface area contributed by atoms with Crippen LogP contribution in [0.2, 0.25) is 5.02 Å². The second kappa shape index (κ2) is 6.93. The van der Waals surface area contributed by atoms with Gasteiger partial charge in [-0.15, -0.1) is 11.3 Å². The average Bonchev–Trinajstić information content (AvgIpc) is 3.03. The predicted molar refractivity (Wildman–Crippen MR) is 85.6 cm³/mol. The first kappa shape index (κ1) is 15.1. The van der Waals surface area contributed by atoms with Crippen LogP contribution in [-0.4, -0.2) is 40.1 Å². The van der Waals surface area contributed by atoms with Crippen molar-refractivity contribution >= 4 is 34.0 Å². The van der Waals surface area contributed by atoms with E-state index < -0.39 is 0 Å². The van der Waals surface area contributed by atoms with E-state index in [-0.39, 0.29) is 18.1 Å². The molecule has 3 rings (SSSR count).